The summed E-state index contributed by atoms with van der Waals surface area (Å²) in [5.74, 6) is 1.14. The number of hydrogen-bond acceptors (Lipinski definition) is 5. The Bertz CT molecular complexity index is 558. The minimum atomic E-state index is -0.233. The molecule has 26 heavy (non-hydrogen) atoms. The minimum absolute atomic E-state index is 0.0729. The van der Waals surface area contributed by atoms with Crippen molar-refractivity contribution in [2.24, 2.45) is 17.8 Å². The van der Waals surface area contributed by atoms with Gasteiger partial charge >= 0.3 is 0 Å². The SMILES string of the molecule is O=C(C1=C(C2CCC(O)CC2)SC2CC(O)CCC12)C1CCC(O)CC1. The highest BCUT2D eigenvalue weighted by Crippen LogP contribution is 2.54. The number of aliphatic hydroxyl groups is 3. The number of carbonyl (C=O) groups excluding carboxylic acids is 1. The van der Waals surface area contributed by atoms with Crippen molar-refractivity contribution >= 4 is 17.5 Å². The summed E-state index contributed by atoms with van der Waals surface area (Å²) in [7, 11) is 0. The van der Waals surface area contributed by atoms with Gasteiger partial charge in [0, 0.05) is 22.7 Å². The molecule has 3 fully saturated rings. The van der Waals surface area contributed by atoms with Crippen LogP contribution in [0.2, 0.25) is 0 Å². The van der Waals surface area contributed by atoms with E-state index in [9.17, 15) is 20.1 Å². The van der Waals surface area contributed by atoms with E-state index >= 15 is 0 Å². The molecule has 4 rings (SSSR count). The van der Waals surface area contributed by atoms with Gasteiger partial charge in [-0.25, -0.2) is 0 Å². The summed E-state index contributed by atoms with van der Waals surface area (Å²) in [6.45, 7) is 0. The average Bonchev–Trinajstić information content (AvgIpc) is 3.00. The van der Waals surface area contributed by atoms with Gasteiger partial charge in [0.1, 0.15) is 0 Å². The van der Waals surface area contributed by atoms with E-state index in [-0.39, 0.29) is 24.2 Å². The zero-order valence-corrected chi connectivity index (χ0v) is 16.3. The van der Waals surface area contributed by atoms with Crippen LogP contribution in [0.15, 0.2) is 10.5 Å². The van der Waals surface area contributed by atoms with Gasteiger partial charge in [0.25, 0.3) is 0 Å². The van der Waals surface area contributed by atoms with Crippen molar-refractivity contribution in [2.75, 3.05) is 0 Å². The summed E-state index contributed by atoms with van der Waals surface area (Å²) in [5, 5.41) is 30.1. The van der Waals surface area contributed by atoms with Crippen molar-refractivity contribution in [1.82, 2.24) is 0 Å². The van der Waals surface area contributed by atoms with Crippen LogP contribution in [0.4, 0.5) is 0 Å². The number of hydrogen-bond donors (Lipinski definition) is 3. The van der Waals surface area contributed by atoms with E-state index in [2.05, 4.69) is 0 Å². The van der Waals surface area contributed by atoms with E-state index in [1.807, 2.05) is 11.8 Å². The van der Waals surface area contributed by atoms with Crippen molar-refractivity contribution in [2.45, 2.75) is 94.2 Å². The quantitative estimate of drug-likeness (QED) is 0.701. The maximum Gasteiger partial charge on any atom is 0.163 e. The van der Waals surface area contributed by atoms with Crippen molar-refractivity contribution in [3.8, 4) is 0 Å². The zero-order valence-electron chi connectivity index (χ0n) is 15.5. The highest BCUT2D eigenvalue weighted by atomic mass is 32.2. The van der Waals surface area contributed by atoms with Crippen molar-refractivity contribution < 1.29 is 20.1 Å². The van der Waals surface area contributed by atoms with Crippen LogP contribution in [0, 0.1) is 17.8 Å². The molecule has 3 saturated carbocycles. The van der Waals surface area contributed by atoms with Crippen molar-refractivity contribution in [1.29, 1.82) is 0 Å². The van der Waals surface area contributed by atoms with Crippen LogP contribution >= 0.6 is 11.8 Å². The molecule has 1 aliphatic heterocycles. The van der Waals surface area contributed by atoms with Crippen LogP contribution in [0.1, 0.15) is 70.6 Å². The minimum Gasteiger partial charge on any atom is -0.393 e. The second-order valence-electron chi connectivity index (χ2n) is 8.88. The Balaban J connectivity index is 1.58. The molecule has 4 aliphatic rings. The predicted molar refractivity (Wildman–Crippen MR) is 103 cm³/mol. The molecule has 0 radical (unpaired) electrons. The normalized spacial score (nSPS) is 44.0. The summed E-state index contributed by atoms with van der Waals surface area (Å²) in [6.07, 6.45) is 8.63. The fraction of sp³-hybridized carbons (Fsp3) is 0.857. The molecular weight excluding hydrogens is 348 g/mol. The molecule has 3 unspecified atom stereocenters. The lowest BCUT2D eigenvalue weighted by Crippen LogP contribution is -2.33. The first-order valence-electron chi connectivity index (χ1n) is 10.5. The Morgan fingerprint density at radius 2 is 1.35 bits per heavy atom. The average molecular weight is 381 g/mol. The summed E-state index contributed by atoms with van der Waals surface area (Å²) < 4.78 is 0. The van der Waals surface area contributed by atoms with Crippen LogP contribution in [0.25, 0.3) is 0 Å². The third-order valence-electron chi connectivity index (χ3n) is 7.08. The molecule has 5 heteroatoms. The molecule has 146 valence electrons. The smallest absolute Gasteiger partial charge is 0.163 e. The number of thioether (sulfide) groups is 1. The van der Waals surface area contributed by atoms with E-state index in [1.165, 1.54) is 4.91 Å². The van der Waals surface area contributed by atoms with E-state index < -0.39 is 0 Å². The zero-order chi connectivity index (χ0) is 18.3. The number of Topliss-reactive ketones (excluding diaryl/α,β-unsaturated/α-hetero) is 1. The molecule has 0 aromatic carbocycles. The van der Waals surface area contributed by atoms with E-state index in [4.69, 9.17) is 0 Å². The van der Waals surface area contributed by atoms with Gasteiger partial charge in [-0.2, -0.15) is 0 Å². The third kappa shape index (κ3) is 3.78. The number of allylic oxidation sites excluding steroid dienone is 2. The second kappa shape index (κ2) is 7.94. The maximum absolute atomic E-state index is 13.5. The van der Waals surface area contributed by atoms with Crippen LogP contribution < -0.4 is 0 Å². The molecule has 1 heterocycles. The fourth-order valence-electron chi connectivity index (χ4n) is 5.49. The molecule has 3 N–H and O–H groups in total. The number of ketones is 1. The summed E-state index contributed by atoms with van der Waals surface area (Å²) in [5.41, 5.74) is 1.09. The second-order valence-corrected chi connectivity index (χ2v) is 10.2. The van der Waals surface area contributed by atoms with Gasteiger partial charge < -0.3 is 15.3 Å². The highest BCUT2D eigenvalue weighted by Gasteiger charge is 2.45. The van der Waals surface area contributed by atoms with Gasteiger partial charge in [-0.3, -0.25) is 4.79 Å². The first-order chi connectivity index (χ1) is 12.5. The van der Waals surface area contributed by atoms with Gasteiger partial charge in [0.2, 0.25) is 0 Å². The highest BCUT2D eigenvalue weighted by molar-refractivity contribution is 8.04. The van der Waals surface area contributed by atoms with Crippen molar-refractivity contribution in [3.63, 3.8) is 0 Å². The first kappa shape index (κ1) is 19.0. The largest absolute Gasteiger partial charge is 0.393 e. The lowest BCUT2D eigenvalue weighted by atomic mass is 9.73. The molecule has 0 amide bonds. The van der Waals surface area contributed by atoms with Crippen LogP contribution in [0.5, 0.6) is 0 Å². The van der Waals surface area contributed by atoms with Crippen LogP contribution in [-0.4, -0.2) is 44.7 Å². The molecule has 3 aliphatic carbocycles. The molecule has 0 aromatic heterocycles. The summed E-state index contributed by atoms with van der Waals surface area (Å²) in [4.78, 5) is 14.8. The first-order valence-corrected chi connectivity index (χ1v) is 11.4. The molecule has 0 saturated heterocycles. The van der Waals surface area contributed by atoms with Gasteiger partial charge in [0.05, 0.1) is 18.3 Å². The Morgan fingerprint density at radius 1 is 0.769 bits per heavy atom. The molecule has 0 bridgehead atoms. The van der Waals surface area contributed by atoms with Gasteiger partial charge in [-0.15, -0.1) is 11.8 Å². The number of rotatable bonds is 3. The lowest BCUT2D eigenvalue weighted by Gasteiger charge is -2.31. The summed E-state index contributed by atoms with van der Waals surface area (Å²) >= 11 is 1.87. The molecule has 4 nitrogen and oxygen atoms in total. The number of aliphatic hydroxyl groups excluding tert-OH is 3. The maximum atomic E-state index is 13.5. The Kier molecular flexibility index (Phi) is 5.80. The van der Waals surface area contributed by atoms with E-state index in [0.29, 0.717) is 22.9 Å². The molecular formula is C21H32O4S. The molecule has 0 aromatic rings. The van der Waals surface area contributed by atoms with Crippen LogP contribution in [0.3, 0.4) is 0 Å². The lowest BCUT2D eigenvalue weighted by molar-refractivity contribution is -0.121. The monoisotopic (exact) mass is 380 g/mol. The fourth-order valence-corrected chi connectivity index (χ4v) is 7.38. The molecule has 0 spiro atoms. The van der Waals surface area contributed by atoms with E-state index in [1.54, 1.807) is 0 Å². The Hall–Kier alpha value is -0.360. The van der Waals surface area contributed by atoms with Crippen LogP contribution in [-0.2, 0) is 4.79 Å². The Morgan fingerprint density at radius 3 is 2.00 bits per heavy atom. The standard InChI is InChI=1S/C21H32O4S/c22-14-5-1-12(2-6-14)20(25)19-17-10-9-16(24)11-18(17)26-21(19)13-3-7-15(23)8-4-13/h12-18,22-24H,1-11H2. The third-order valence-corrected chi connectivity index (χ3v) is 8.71. The summed E-state index contributed by atoms with van der Waals surface area (Å²) in [6, 6.07) is 0. The molecule has 3 atom stereocenters. The van der Waals surface area contributed by atoms with Gasteiger partial charge in [-0.05, 0) is 81.5 Å². The van der Waals surface area contributed by atoms with Crippen molar-refractivity contribution in [3.05, 3.63) is 10.5 Å². The topological polar surface area (TPSA) is 77.8 Å². The predicted octanol–water partition coefficient (Wildman–Crippen LogP) is 3.19. The van der Waals surface area contributed by atoms with Gasteiger partial charge in [-0.1, -0.05) is 0 Å². The number of fused-ring (bicyclic) bond motifs is 1. The van der Waals surface area contributed by atoms with Gasteiger partial charge in [0.15, 0.2) is 5.78 Å². The van der Waals surface area contributed by atoms with E-state index in [0.717, 1.165) is 76.2 Å². The Labute approximate surface area is 160 Å². The number of carbonyl (C=O) groups is 1.